The minimum atomic E-state index is -1.37. The monoisotopic (exact) mass is 505 g/mol. The van der Waals surface area contributed by atoms with Crippen molar-refractivity contribution in [2.45, 2.75) is 65.2 Å². The van der Waals surface area contributed by atoms with E-state index in [2.05, 4.69) is 13.8 Å². The van der Waals surface area contributed by atoms with Crippen molar-refractivity contribution in [1.82, 2.24) is 0 Å². The number of carboxylic acids is 1. The molecular formula is C26H29Cl2NO5. The van der Waals surface area contributed by atoms with Gasteiger partial charge in [-0.25, -0.2) is 9.79 Å². The van der Waals surface area contributed by atoms with Crippen molar-refractivity contribution in [2.75, 3.05) is 0 Å². The molecule has 0 bridgehead atoms. The third-order valence-electron chi connectivity index (χ3n) is 5.78. The van der Waals surface area contributed by atoms with E-state index in [1.54, 1.807) is 36.4 Å². The maximum absolute atomic E-state index is 13.0. The van der Waals surface area contributed by atoms with Crippen molar-refractivity contribution in [3.8, 4) is 5.75 Å². The Kier molecular flexibility index (Phi) is 7.94. The van der Waals surface area contributed by atoms with Gasteiger partial charge in [0.1, 0.15) is 11.9 Å². The number of Topliss-reactive ketones (excluding diaryl/α,β-unsaturated/α-hetero) is 1. The second kappa shape index (κ2) is 10.4. The van der Waals surface area contributed by atoms with Crippen LogP contribution in [0.5, 0.6) is 5.75 Å². The average molecular weight is 506 g/mol. The zero-order valence-corrected chi connectivity index (χ0v) is 21.4. The summed E-state index contributed by atoms with van der Waals surface area (Å²) in [6.45, 7) is 8.88. The highest BCUT2D eigenvalue weighted by Crippen LogP contribution is 2.31. The molecule has 6 nitrogen and oxygen atoms in total. The summed E-state index contributed by atoms with van der Waals surface area (Å²) in [7, 11) is 0. The van der Waals surface area contributed by atoms with Gasteiger partial charge in [0.15, 0.2) is 11.4 Å². The molecule has 182 valence electrons. The number of hydrogen-bond donors (Lipinski definition) is 1. The van der Waals surface area contributed by atoms with E-state index in [0.717, 1.165) is 5.56 Å². The van der Waals surface area contributed by atoms with Gasteiger partial charge in [0, 0.05) is 17.0 Å². The Bertz CT molecular complexity index is 1130. The van der Waals surface area contributed by atoms with Gasteiger partial charge in [-0.1, -0.05) is 37.0 Å². The second-order valence-electron chi connectivity index (χ2n) is 9.31. The lowest BCUT2D eigenvalue weighted by molar-refractivity contribution is -0.152. The lowest BCUT2D eigenvalue weighted by atomic mass is 9.94. The summed E-state index contributed by atoms with van der Waals surface area (Å²) in [5.74, 6) is -0.0137. The van der Waals surface area contributed by atoms with Gasteiger partial charge < -0.3 is 14.6 Å². The maximum Gasteiger partial charge on any atom is 0.347 e. The number of aryl methyl sites for hydroxylation is 1. The summed E-state index contributed by atoms with van der Waals surface area (Å²) in [6.07, 6.45) is 0.661. The number of carbonyl (C=O) groups excluding carboxylic acids is 1. The summed E-state index contributed by atoms with van der Waals surface area (Å²) >= 11 is 12.3. The van der Waals surface area contributed by atoms with E-state index < -0.39 is 11.6 Å². The van der Waals surface area contributed by atoms with E-state index in [4.69, 9.17) is 37.7 Å². The van der Waals surface area contributed by atoms with Crippen LogP contribution in [0.2, 0.25) is 10.0 Å². The first-order valence-corrected chi connectivity index (χ1v) is 11.9. The van der Waals surface area contributed by atoms with E-state index in [0.29, 0.717) is 45.7 Å². The predicted molar refractivity (Wildman–Crippen MR) is 134 cm³/mol. The highest BCUT2D eigenvalue weighted by molar-refractivity contribution is 6.36. The van der Waals surface area contributed by atoms with Crippen LogP contribution >= 0.6 is 23.2 Å². The van der Waals surface area contributed by atoms with Crippen molar-refractivity contribution in [3.05, 3.63) is 63.1 Å². The first kappa shape index (κ1) is 26.0. The number of carbonyl (C=O) groups is 2. The summed E-state index contributed by atoms with van der Waals surface area (Å²) in [5, 5.41) is 10.3. The maximum atomic E-state index is 13.0. The second-order valence-corrected chi connectivity index (χ2v) is 10.2. The number of ketones is 1. The van der Waals surface area contributed by atoms with Crippen LogP contribution < -0.4 is 4.74 Å². The van der Waals surface area contributed by atoms with Gasteiger partial charge >= 0.3 is 5.97 Å². The highest BCUT2D eigenvalue weighted by atomic mass is 35.5. The highest BCUT2D eigenvalue weighted by Gasteiger charge is 2.35. The first-order chi connectivity index (χ1) is 15.9. The zero-order valence-electron chi connectivity index (χ0n) is 19.9. The number of carboxylic acid groups (broad SMARTS) is 1. The van der Waals surface area contributed by atoms with Crippen LogP contribution in [0.4, 0.5) is 0 Å². The number of aliphatic imine (C=N–C) groups is 1. The minimum Gasteiger partial charge on any atom is -0.478 e. The fourth-order valence-electron chi connectivity index (χ4n) is 3.83. The molecule has 0 fully saturated rings. The van der Waals surface area contributed by atoms with E-state index >= 15 is 0 Å². The first-order valence-electron chi connectivity index (χ1n) is 11.1. The Hall–Kier alpha value is -2.57. The van der Waals surface area contributed by atoms with Crippen LogP contribution in [0.1, 0.15) is 62.0 Å². The van der Waals surface area contributed by atoms with Crippen LogP contribution in [-0.2, 0) is 9.53 Å². The van der Waals surface area contributed by atoms with Crippen molar-refractivity contribution < 1.29 is 24.2 Å². The molecular weight excluding hydrogens is 477 g/mol. The quantitative estimate of drug-likeness (QED) is 0.399. The van der Waals surface area contributed by atoms with Gasteiger partial charge in [-0.2, -0.15) is 0 Å². The predicted octanol–water partition coefficient (Wildman–Crippen LogP) is 6.38. The largest absolute Gasteiger partial charge is 0.478 e. The molecule has 2 unspecified atom stereocenters. The molecule has 0 spiro atoms. The molecule has 0 radical (unpaired) electrons. The molecule has 0 saturated heterocycles. The molecule has 2 aromatic carbocycles. The number of hydrogen-bond acceptors (Lipinski definition) is 5. The average Bonchev–Trinajstić information content (AvgIpc) is 3.16. The Morgan fingerprint density at radius 2 is 1.88 bits per heavy atom. The molecule has 34 heavy (non-hydrogen) atoms. The van der Waals surface area contributed by atoms with Gasteiger partial charge in [-0.3, -0.25) is 4.79 Å². The molecule has 1 N–H and O–H groups in total. The summed E-state index contributed by atoms with van der Waals surface area (Å²) < 4.78 is 11.7. The Labute approximate surface area is 209 Å². The Balaban J connectivity index is 1.72. The lowest BCUT2D eigenvalue weighted by Crippen LogP contribution is -2.37. The van der Waals surface area contributed by atoms with Gasteiger partial charge in [0.2, 0.25) is 5.90 Å². The van der Waals surface area contributed by atoms with Crippen molar-refractivity contribution in [1.29, 1.82) is 0 Å². The molecule has 0 saturated carbocycles. The topological polar surface area (TPSA) is 85.2 Å². The molecule has 0 aromatic heterocycles. The van der Waals surface area contributed by atoms with Gasteiger partial charge in [-0.15, -0.1) is 0 Å². The Morgan fingerprint density at radius 1 is 1.18 bits per heavy atom. The third-order valence-corrected chi connectivity index (χ3v) is 6.33. The van der Waals surface area contributed by atoms with E-state index in [9.17, 15) is 14.7 Å². The van der Waals surface area contributed by atoms with Crippen LogP contribution in [0.3, 0.4) is 0 Å². The molecule has 2 aromatic rings. The van der Waals surface area contributed by atoms with Gasteiger partial charge in [0.05, 0.1) is 16.6 Å². The molecule has 1 aliphatic rings. The molecule has 1 aliphatic heterocycles. The van der Waals surface area contributed by atoms with Crippen molar-refractivity contribution in [2.24, 2.45) is 10.9 Å². The number of ether oxygens (including phenoxy) is 2. The van der Waals surface area contributed by atoms with E-state index in [1.807, 2.05) is 6.92 Å². The van der Waals surface area contributed by atoms with Crippen LogP contribution in [0.15, 0.2) is 41.4 Å². The molecule has 8 heteroatoms. The summed E-state index contributed by atoms with van der Waals surface area (Å²) in [6, 6.07) is 9.99. The molecule has 3 rings (SSSR count). The SMILES string of the molecule is Cc1cc(OC(C)(C)C(=O)O)ccc1C(=O)CCC1N=C(c2ccc(Cl)cc2Cl)OC1C(C)C. The molecule has 0 amide bonds. The van der Waals surface area contributed by atoms with Gasteiger partial charge in [0.25, 0.3) is 0 Å². The van der Waals surface area contributed by atoms with Crippen molar-refractivity contribution in [3.63, 3.8) is 0 Å². The number of halogens is 2. The third kappa shape index (κ3) is 5.91. The Morgan fingerprint density at radius 3 is 2.47 bits per heavy atom. The van der Waals surface area contributed by atoms with E-state index in [-0.39, 0.29) is 23.8 Å². The van der Waals surface area contributed by atoms with E-state index in [1.165, 1.54) is 13.8 Å². The number of nitrogens with zero attached hydrogens (tertiary/aromatic N) is 1. The van der Waals surface area contributed by atoms with Crippen molar-refractivity contribution >= 4 is 40.9 Å². The van der Waals surface area contributed by atoms with Gasteiger partial charge in [-0.05, 0) is 75.1 Å². The molecule has 2 atom stereocenters. The minimum absolute atomic E-state index is 0.0165. The lowest BCUT2D eigenvalue weighted by Gasteiger charge is -2.22. The summed E-state index contributed by atoms with van der Waals surface area (Å²) in [4.78, 5) is 29.0. The smallest absolute Gasteiger partial charge is 0.347 e. The van der Waals surface area contributed by atoms with Crippen LogP contribution in [0.25, 0.3) is 0 Å². The molecule has 1 heterocycles. The van der Waals surface area contributed by atoms with Crippen LogP contribution in [-0.4, -0.2) is 40.5 Å². The normalized spacial score (nSPS) is 17.9. The van der Waals surface area contributed by atoms with Crippen LogP contribution in [0, 0.1) is 12.8 Å². The number of aliphatic carboxylic acids is 1. The number of benzene rings is 2. The summed E-state index contributed by atoms with van der Waals surface area (Å²) in [5.41, 5.74) is 0.616. The number of rotatable bonds is 9. The fourth-order valence-corrected chi connectivity index (χ4v) is 4.32. The zero-order chi connectivity index (χ0) is 25.2. The standard InChI is InChI=1S/C26H29Cl2NO5/c1-14(2)23-21(29-24(33-23)19-8-6-16(27)13-20(19)28)10-11-22(30)18-9-7-17(12-15(18)3)34-26(4,5)25(31)32/h6-9,12-14,21,23H,10-11H2,1-5H3,(H,31,32). The fraction of sp³-hybridized carbons (Fsp3) is 0.423. The molecule has 0 aliphatic carbocycles.